The minimum absolute atomic E-state index is 0.280. The van der Waals surface area contributed by atoms with Gasteiger partial charge in [-0.1, -0.05) is 26.7 Å². The molecule has 0 aliphatic carbocycles. The summed E-state index contributed by atoms with van der Waals surface area (Å²) in [5.74, 6) is 0.966. The topological polar surface area (TPSA) is 32.3 Å². The Morgan fingerprint density at radius 2 is 1.71 bits per heavy atom. The highest BCUT2D eigenvalue weighted by Crippen LogP contribution is 2.09. The maximum atomic E-state index is 12.0. The van der Waals surface area contributed by atoms with E-state index < -0.39 is 0 Å². The van der Waals surface area contributed by atoms with E-state index in [0.29, 0.717) is 18.5 Å². The highest BCUT2D eigenvalue weighted by atomic mass is 16.2. The van der Waals surface area contributed by atoms with Gasteiger partial charge < -0.3 is 10.2 Å². The van der Waals surface area contributed by atoms with E-state index in [-0.39, 0.29) is 5.91 Å². The SMILES string of the molecule is CC(C)CC(C)NCC(=O)N1CCCCCC1. The standard InChI is InChI=1S/C14H28N2O/c1-12(2)10-13(3)15-11-14(17)16-8-6-4-5-7-9-16/h12-13,15H,4-11H2,1-3H3. The van der Waals surface area contributed by atoms with E-state index in [1.54, 1.807) is 0 Å². The molecule has 1 aliphatic rings. The van der Waals surface area contributed by atoms with Crippen LogP contribution in [0.15, 0.2) is 0 Å². The largest absolute Gasteiger partial charge is 0.342 e. The molecule has 3 nitrogen and oxygen atoms in total. The van der Waals surface area contributed by atoms with Crippen molar-refractivity contribution >= 4 is 5.91 Å². The van der Waals surface area contributed by atoms with Gasteiger partial charge >= 0.3 is 0 Å². The Kier molecular flexibility index (Phi) is 6.56. The molecule has 0 spiro atoms. The Labute approximate surface area is 106 Å². The van der Waals surface area contributed by atoms with Crippen LogP contribution in [0.2, 0.25) is 0 Å². The number of rotatable bonds is 5. The van der Waals surface area contributed by atoms with E-state index in [4.69, 9.17) is 0 Å². The summed E-state index contributed by atoms with van der Waals surface area (Å²) in [5.41, 5.74) is 0. The van der Waals surface area contributed by atoms with Crippen LogP contribution in [0.25, 0.3) is 0 Å². The van der Waals surface area contributed by atoms with E-state index >= 15 is 0 Å². The van der Waals surface area contributed by atoms with Crippen molar-refractivity contribution in [1.82, 2.24) is 10.2 Å². The zero-order valence-electron chi connectivity index (χ0n) is 11.7. The van der Waals surface area contributed by atoms with Gasteiger partial charge in [0.05, 0.1) is 6.54 Å². The summed E-state index contributed by atoms with van der Waals surface area (Å²) in [6, 6.07) is 0.436. The first-order chi connectivity index (χ1) is 8.09. The summed E-state index contributed by atoms with van der Waals surface area (Å²) < 4.78 is 0. The zero-order chi connectivity index (χ0) is 12.7. The number of hydrogen-bond acceptors (Lipinski definition) is 2. The summed E-state index contributed by atoms with van der Waals surface area (Å²) in [6.07, 6.45) is 6.04. The van der Waals surface area contributed by atoms with Gasteiger partial charge in [-0.15, -0.1) is 0 Å². The highest BCUT2D eigenvalue weighted by Gasteiger charge is 2.15. The molecule has 0 bridgehead atoms. The van der Waals surface area contributed by atoms with Crippen LogP contribution < -0.4 is 5.32 Å². The monoisotopic (exact) mass is 240 g/mol. The minimum atomic E-state index is 0.280. The molecule has 0 radical (unpaired) electrons. The average molecular weight is 240 g/mol. The van der Waals surface area contributed by atoms with Gasteiger partial charge in [0.1, 0.15) is 0 Å². The third-order valence-electron chi connectivity index (χ3n) is 3.39. The quantitative estimate of drug-likeness (QED) is 0.800. The van der Waals surface area contributed by atoms with Crippen LogP contribution in [0.3, 0.4) is 0 Å². The van der Waals surface area contributed by atoms with Crippen molar-refractivity contribution in [2.75, 3.05) is 19.6 Å². The molecule has 0 aromatic heterocycles. The predicted molar refractivity (Wildman–Crippen MR) is 72.0 cm³/mol. The third kappa shape index (κ3) is 6.06. The molecule has 1 rings (SSSR count). The van der Waals surface area contributed by atoms with Crippen molar-refractivity contribution in [3.8, 4) is 0 Å². The van der Waals surface area contributed by atoms with Crippen molar-refractivity contribution in [3.05, 3.63) is 0 Å². The van der Waals surface area contributed by atoms with Gasteiger partial charge in [0.15, 0.2) is 0 Å². The Bertz CT molecular complexity index is 220. The lowest BCUT2D eigenvalue weighted by atomic mass is 10.1. The maximum absolute atomic E-state index is 12.0. The molecular formula is C14H28N2O. The van der Waals surface area contributed by atoms with Gasteiger partial charge in [0.25, 0.3) is 0 Å². The number of hydrogen-bond donors (Lipinski definition) is 1. The van der Waals surface area contributed by atoms with Crippen molar-refractivity contribution in [3.63, 3.8) is 0 Å². The smallest absolute Gasteiger partial charge is 0.236 e. The second-order valence-electron chi connectivity index (χ2n) is 5.71. The minimum Gasteiger partial charge on any atom is -0.342 e. The first-order valence-electron chi connectivity index (χ1n) is 7.10. The van der Waals surface area contributed by atoms with Crippen LogP contribution in [-0.2, 0) is 4.79 Å². The zero-order valence-corrected chi connectivity index (χ0v) is 11.7. The lowest BCUT2D eigenvalue weighted by molar-refractivity contribution is -0.130. The molecule has 1 heterocycles. The second-order valence-corrected chi connectivity index (χ2v) is 5.71. The fraction of sp³-hybridized carbons (Fsp3) is 0.929. The Morgan fingerprint density at radius 1 is 1.12 bits per heavy atom. The van der Waals surface area contributed by atoms with Crippen LogP contribution in [0.5, 0.6) is 0 Å². The van der Waals surface area contributed by atoms with Crippen LogP contribution in [0.1, 0.15) is 52.9 Å². The summed E-state index contributed by atoms with van der Waals surface area (Å²) in [5, 5.41) is 3.34. The molecule has 0 saturated carbocycles. The number of carbonyl (C=O) groups is 1. The molecule has 0 aromatic carbocycles. The first-order valence-corrected chi connectivity index (χ1v) is 7.10. The fourth-order valence-corrected chi connectivity index (χ4v) is 2.48. The molecule has 1 saturated heterocycles. The number of nitrogens with one attached hydrogen (secondary N) is 1. The van der Waals surface area contributed by atoms with Crippen molar-refractivity contribution in [2.24, 2.45) is 5.92 Å². The van der Waals surface area contributed by atoms with E-state index in [1.807, 2.05) is 4.90 Å². The molecule has 17 heavy (non-hydrogen) atoms. The molecule has 100 valence electrons. The van der Waals surface area contributed by atoms with E-state index in [9.17, 15) is 4.79 Å². The van der Waals surface area contributed by atoms with Gasteiger partial charge in [-0.25, -0.2) is 0 Å². The van der Waals surface area contributed by atoms with Gasteiger partial charge in [0, 0.05) is 19.1 Å². The second kappa shape index (κ2) is 7.70. The van der Waals surface area contributed by atoms with Gasteiger partial charge in [-0.2, -0.15) is 0 Å². The Morgan fingerprint density at radius 3 is 2.24 bits per heavy atom. The molecule has 1 atom stereocenters. The van der Waals surface area contributed by atoms with Crippen molar-refractivity contribution in [2.45, 2.75) is 58.9 Å². The van der Waals surface area contributed by atoms with Crippen LogP contribution >= 0.6 is 0 Å². The molecule has 1 fully saturated rings. The van der Waals surface area contributed by atoms with Gasteiger partial charge in [-0.05, 0) is 32.1 Å². The number of amides is 1. The Balaban J connectivity index is 2.23. The summed E-state index contributed by atoms with van der Waals surface area (Å²) in [6.45, 7) is 9.02. The Hall–Kier alpha value is -0.570. The first kappa shape index (κ1) is 14.5. The molecule has 1 aliphatic heterocycles. The van der Waals surface area contributed by atoms with E-state index in [1.165, 1.54) is 25.7 Å². The molecule has 1 N–H and O–H groups in total. The molecule has 1 amide bonds. The molecule has 3 heteroatoms. The molecular weight excluding hydrogens is 212 g/mol. The summed E-state index contributed by atoms with van der Waals surface area (Å²) in [4.78, 5) is 14.0. The highest BCUT2D eigenvalue weighted by molar-refractivity contribution is 5.78. The fourth-order valence-electron chi connectivity index (χ4n) is 2.48. The van der Waals surface area contributed by atoms with E-state index in [0.717, 1.165) is 19.5 Å². The van der Waals surface area contributed by atoms with Crippen LogP contribution in [-0.4, -0.2) is 36.5 Å². The van der Waals surface area contributed by atoms with Crippen molar-refractivity contribution < 1.29 is 4.79 Å². The average Bonchev–Trinajstić information content (AvgIpc) is 2.53. The normalized spacial score (nSPS) is 19.2. The molecule has 1 unspecified atom stereocenters. The van der Waals surface area contributed by atoms with Gasteiger partial charge in [-0.3, -0.25) is 4.79 Å². The third-order valence-corrected chi connectivity index (χ3v) is 3.39. The number of likely N-dealkylation sites (tertiary alicyclic amines) is 1. The lowest BCUT2D eigenvalue weighted by Gasteiger charge is -2.22. The summed E-state index contributed by atoms with van der Waals surface area (Å²) >= 11 is 0. The molecule has 0 aromatic rings. The van der Waals surface area contributed by atoms with Crippen LogP contribution in [0.4, 0.5) is 0 Å². The van der Waals surface area contributed by atoms with Gasteiger partial charge in [0.2, 0.25) is 5.91 Å². The summed E-state index contributed by atoms with van der Waals surface area (Å²) in [7, 11) is 0. The number of carbonyl (C=O) groups excluding carboxylic acids is 1. The predicted octanol–water partition coefficient (Wildman–Crippen LogP) is 2.41. The lowest BCUT2D eigenvalue weighted by Crippen LogP contribution is -2.41. The maximum Gasteiger partial charge on any atom is 0.236 e. The van der Waals surface area contributed by atoms with Crippen molar-refractivity contribution in [1.29, 1.82) is 0 Å². The number of nitrogens with zero attached hydrogens (tertiary/aromatic N) is 1. The van der Waals surface area contributed by atoms with Crippen LogP contribution in [0, 0.1) is 5.92 Å². The van der Waals surface area contributed by atoms with E-state index in [2.05, 4.69) is 26.1 Å².